The van der Waals surface area contributed by atoms with Crippen LogP contribution in [0, 0.1) is 5.82 Å². The van der Waals surface area contributed by atoms with E-state index in [1.54, 1.807) is 6.07 Å². The van der Waals surface area contributed by atoms with E-state index in [1.807, 2.05) is 13.8 Å². The van der Waals surface area contributed by atoms with E-state index < -0.39 is 0 Å². The largest absolute Gasteiger partial charge is 0.352 e. The fraction of sp³-hybridized carbons (Fsp3) is 0.783. The summed E-state index contributed by atoms with van der Waals surface area (Å²) in [6, 6.07) is 5.79. The molecule has 3 fully saturated rings. The van der Waals surface area contributed by atoms with Crippen molar-refractivity contribution in [3.63, 3.8) is 0 Å². The molecule has 4 heterocycles. The summed E-state index contributed by atoms with van der Waals surface area (Å²) >= 11 is 0. The van der Waals surface area contributed by atoms with Gasteiger partial charge in [0.1, 0.15) is 0 Å². The summed E-state index contributed by atoms with van der Waals surface area (Å²) in [7, 11) is 0. The Hall–Kier alpha value is -1.32. The van der Waals surface area contributed by atoms with Crippen LogP contribution in [0.15, 0.2) is 12.1 Å². The molecule has 1 aromatic heterocycles. The number of nitrogens with one attached hydrogen (secondary N) is 1. The smallest absolute Gasteiger partial charge is 0.169 e. The number of ether oxygens (including phenoxy) is 2. The number of pyridine rings is 1. The van der Waals surface area contributed by atoms with Crippen molar-refractivity contribution in [1.29, 1.82) is 0 Å². The van der Waals surface area contributed by atoms with Gasteiger partial charge in [0.2, 0.25) is 0 Å². The minimum atomic E-state index is -0.270. The average molecular weight is 436 g/mol. The predicted octanol–water partition coefficient (Wildman–Crippen LogP) is 2.06. The SMILES string of the molecule is CCOC(CNCc1ccc(F)c(N2CC(N3CC4CC3CN4C(C)C)C2)n1)OCC. The van der Waals surface area contributed by atoms with E-state index in [-0.39, 0.29) is 12.1 Å². The molecule has 0 aliphatic carbocycles. The highest BCUT2D eigenvalue weighted by molar-refractivity contribution is 5.45. The Morgan fingerprint density at radius 1 is 1.06 bits per heavy atom. The highest BCUT2D eigenvalue weighted by Crippen LogP contribution is 2.36. The molecule has 3 aliphatic rings. The van der Waals surface area contributed by atoms with Crippen LogP contribution in [0.3, 0.4) is 0 Å². The molecule has 0 amide bonds. The third kappa shape index (κ3) is 5.03. The van der Waals surface area contributed by atoms with Gasteiger partial charge in [-0.2, -0.15) is 0 Å². The number of fused-ring (bicyclic) bond motifs is 2. The number of halogens is 1. The molecule has 0 aromatic carbocycles. The minimum absolute atomic E-state index is 0.238. The number of hydrogen-bond donors (Lipinski definition) is 1. The lowest BCUT2D eigenvalue weighted by molar-refractivity contribution is -0.133. The van der Waals surface area contributed by atoms with Crippen molar-refractivity contribution in [1.82, 2.24) is 20.1 Å². The molecular weight excluding hydrogens is 397 g/mol. The summed E-state index contributed by atoms with van der Waals surface area (Å²) < 4.78 is 25.6. The maximum Gasteiger partial charge on any atom is 0.169 e. The average Bonchev–Trinajstić information content (AvgIpc) is 3.30. The van der Waals surface area contributed by atoms with Gasteiger partial charge in [-0.1, -0.05) is 0 Å². The van der Waals surface area contributed by atoms with Crippen LogP contribution in [0.5, 0.6) is 0 Å². The molecule has 3 aliphatic heterocycles. The third-order valence-electron chi connectivity index (χ3n) is 6.83. The highest BCUT2D eigenvalue weighted by atomic mass is 19.1. The van der Waals surface area contributed by atoms with Crippen LogP contribution in [-0.4, -0.2) is 91.2 Å². The van der Waals surface area contributed by atoms with E-state index in [0.29, 0.717) is 56.3 Å². The van der Waals surface area contributed by atoms with Crippen molar-refractivity contribution in [2.45, 2.75) is 71.1 Å². The number of likely N-dealkylation sites (tertiary alicyclic amines) is 2. The fourth-order valence-corrected chi connectivity index (χ4v) is 5.29. The van der Waals surface area contributed by atoms with Crippen molar-refractivity contribution >= 4 is 5.82 Å². The van der Waals surface area contributed by atoms with E-state index in [9.17, 15) is 4.39 Å². The molecule has 0 saturated carbocycles. The number of hydrogen-bond acceptors (Lipinski definition) is 7. The lowest BCUT2D eigenvalue weighted by Gasteiger charge is -2.49. The highest BCUT2D eigenvalue weighted by Gasteiger charge is 2.48. The second kappa shape index (κ2) is 10.1. The molecule has 0 radical (unpaired) electrons. The summed E-state index contributed by atoms with van der Waals surface area (Å²) in [6.45, 7) is 14.9. The molecule has 2 atom stereocenters. The van der Waals surface area contributed by atoms with Gasteiger partial charge in [0, 0.05) is 76.6 Å². The first-order chi connectivity index (χ1) is 15.0. The predicted molar refractivity (Wildman–Crippen MR) is 120 cm³/mol. The molecular formula is C23H38FN5O2. The van der Waals surface area contributed by atoms with Crippen molar-refractivity contribution in [2.24, 2.45) is 0 Å². The molecule has 174 valence electrons. The van der Waals surface area contributed by atoms with E-state index >= 15 is 0 Å². The maximum absolute atomic E-state index is 14.5. The van der Waals surface area contributed by atoms with E-state index in [1.165, 1.54) is 19.0 Å². The summed E-state index contributed by atoms with van der Waals surface area (Å²) in [5.41, 5.74) is 0.833. The van der Waals surface area contributed by atoms with Gasteiger partial charge in [-0.3, -0.25) is 9.80 Å². The Labute approximate surface area is 185 Å². The first kappa shape index (κ1) is 22.9. The molecule has 2 unspecified atom stereocenters. The van der Waals surface area contributed by atoms with E-state index in [0.717, 1.165) is 25.3 Å². The number of piperazine rings is 1. The Morgan fingerprint density at radius 3 is 2.42 bits per heavy atom. The number of nitrogens with zero attached hydrogens (tertiary/aromatic N) is 4. The van der Waals surface area contributed by atoms with Gasteiger partial charge in [-0.15, -0.1) is 0 Å². The van der Waals surface area contributed by atoms with Crippen LogP contribution < -0.4 is 10.2 Å². The van der Waals surface area contributed by atoms with E-state index in [2.05, 4.69) is 38.8 Å². The first-order valence-electron chi connectivity index (χ1n) is 11.9. The van der Waals surface area contributed by atoms with Gasteiger partial charge < -0.3 is 19.7 Å². The maximum atomic E-state index is 14.5. The van der Waals surface area contributed by atoms with Crippen molar-refractivity contribution in [3.8, 4) is 0 Å². The second-order valence-electron chi connectivity index (χ2n) is 9.17. The molecule has 2 bridgehead atoms. The summed E-state index contributed by atoms with van der Waals surface area (Å²) in [6.07, 6.45) is 1.01. The van der Waals surface area contributed by atoms with Gasteiger partial charge >= 0.3 is 0 Å². The van der Waals surface area contributed by atoms with Crippen LogP contribution in [0.2, 0.25) is 0 Å². The van der Waals surface area contributed by atoms with Gasteiger partial charge in [-0.05, 0) is 46.2 Å². The van der Waals surface area contributed by atoms with Crippen LogP contribution in [0.25, 0.3) is 0 Å². The van der Waals surface area contributed by atoms with Crippen molar-refractivity contribution in [2.75, 3.05) is 50.8 Å². The molecule has 3 saturated heterocycles. The zero-order valence-electron chi connectivity index (χ0n) is 19.4. The van der Waals surface area contributed by atoms with Gasteiger partial charge in [0.25, 0.3) is 0 Å². The molecule has 7 nitrogen and oxygen atoms in total. The molecule has 31 heavy (non-hydrogen) atoms. The summed E-state index contributed by atoms with van der Waals surface area (Å²) in [4.78, 5) is 12.0. The monoisotopic (exact) mass is 435 g/mol. The molecule has 1 aromatic rings. The lowest BCUT2D eigenvalue weighted by atomic mass is 10.0. The lowest BCUT2D eigenvalue weighted by Crippen LogP contribution is -2.64. The first-order valence-corrected chi connectivity index (χ1v) is 11.9. The zero-order valence-corrected chi connectivity index (χ0v) is 19.4. The summed E-state index contributed by atoms with van der Waals surface area (Å²) in [5.74, 6) is 0.243. The van der Waals surface area contributed by atoms with Crippen LogP contribution in [0.4, 0.5) is 10.2 Å². The fourth-order valence-electron chi connectivity index (χ4n) is 5.29. The third-order valence-corrected chi connectivity index (χ3v) is 6.83. The van der Waals surface area contributed by atoms with Gasteiger partial charge in [-0.25, -0.2) is 9.37 Å². The van der Waals surface area contributed by atoms with Crippen LogP contribution in [0.1, 0.15) is 39.8 Å². The van der Waals surface area contributed by atoms with Crippen molar-refractivity contribution in [3.05, 3.63) is 23.6 Å². The minimum Gasteiger partial charge on any atom is -0.352 e. The molecule has 8 heteroatoms. The number of rotatable bonds is 11. The van der Waals surface area contributed by atoms with E-state index in [4.69, 9.17) is 9.47 Å². The zero-order chi connectivity index (χ0) is 22.0. The van der Waals surface area contributed by atoms with Crippen LogP contribution in [-0.2, 0) is 16.0 Å². The molecule has 0 spiro atoms. The molecule has 4 rings (SSSR count). The van der Waals surface area contributed by atoms with Gasteiger partial charge in [0.15, 0.2) is 17.9 Å². The Balaban J connectivity index is 1.27. The number of anilines is 1. The molecule has 1 N–H and O–H groups in total. The van der Waals surface area contributed by atoms with Crippen LogP contribution >= 0.6 is 0 Å². The Morgan fingerprint density at radius 2 is 1.81 bits per heavy atom. The summed E-state index contributed by atoms with van der Waals surface area (Å²) in [5, 5.41) is 3.31. The Kier molecular flexibility index (Phi) is 7.44. The standard InChI is InChI=1S/C23H38FN5O2/c1-5-30-22(31-6-2)11-25-10-17-7-8-21(24)23(26-17)27-12-20(13-27)29-15-18-9-19(29)14-28(18)16(3)4/h7-8,16,18-20,22,25H,5-6,9-15H2,1-4H3. The van der Waals surface area contributed by atoms with Gasteiger partial charge in [0.05, 0.1) is 5.69 Å². The normalized spacial score (nSPS) is 24.7. The van der Waals surface area contributed by atoms with Crippen molar-refractivity contribution < 1.29 is 13.9 Å². The topological polar surface area (TPSA) is 53.1 Å². The number of aromatic nitrogens is 1. The quantitative estimate of drug-likeness (QED) is 0.534. The second-order valence-corrected chi connectivity index (χ2v) is 9.17. The Bertz CT molecular complexity index is 724.